The second-order valence-electron chi connectivity index (χ2n) is 6.14. The van der Waals surface area contributed by atoms with Crippen molar-refractivity contribution < 1.29 is 24.2 Å². The molecule has 0 atom stereocenters. The summed E-state index contributed by atoms with van der Waals surface area (Å²) < 4.78 is 10.1. The SMILES string of the molecule is CCOC(=O)C(/C=C/c1ccc(NC(=O)OC(C)(C)C)cc1)=C/CO. The molecule has 6 heteroatoms. The molecule has 1 rings (SSSR count). The molecule has 0 saturated carbocycles. The van der Waals surface area contributed by atoms with Gasteiger partial charge in [0.15, 0.2) is 0 Å². The van der Waals surface area contributed by atoms with Crippen LogP contribution in [0.2, 0.25) is 0 Å². The Morgan fingerprint density at radius 1 is 1.20 bits per heavy atom. The van der Waals surface area contributed by atoms with E-state index in [-0.39, 0.29) is 18.8 Å². The lowest BCUT2D eigenvalue weighted by Crippen LogP contribution is -2.27. The Hall–Kier alpha value is -2.60. The van der Waals surface area contributed by atoms with E-state index in [1.165, 1.54) is 6.08 Å². The molecule has 0 aliphatic rings. The third-order valence-electron chi connectivity index (χ3n) is 2.83. The van der Waals surface area contributed by atoms with Gasteiger partial charge in [-0.3, -0.25) is 5.32 Å². The van der Waals surface area contributed by atoms with E-state index in [1.54, 1.807) is 64.1 Å². The first kappa shape index (κ1) is 20.4. The lowest BCUT2D eigenvalue weighted by Gasteiger charge is -2.19. The minimum absolute atomic E-state index is 0.253. The van der Waals surface area contributed by atoms with Crippen molar-refractivity contribution in [2.45, 2.75) is 33.3 Å². The molecule has 0 aliphatic carbocycles. The van der Waals surface area contributed by atoms with Crippen molar-refractivity contribution in [3.63, 3.8) is 0 Å². The number of nitrogens with one attached hydrogen (secondary N) is 1. The second-order valence-corrected chi connectivity index (χ2v) is 6.14. The number of esters is 1. The fourth-order valence-corrected chi connectivity index (χ4v) is 1.82. The molecule has 0 saturated heterocycles. The molecular formula is C19H25NO5. The number of anilines is 1. The summed E-state index contributed by atoms with van der Waals surface area (Å²) >= 11 is 0. The summed E-state index contributed by atoms with van der Waals surface area (Å²) in [5.41, 5.74) is 1.14. The van der Waals surface area contributed by atoms with Crippen LogP contribution >= 0.6 is 0 Å². The van der Waals surface area contributed by atoms with Gasteiger partial charge in [-0.05, 0) is 57.5 Å². The summed E-state index contributed by atoms with van der Waals surface area (Å²) in [6.07, 6.45) is 4.15. The zero-order valence-corrected chi connectivity index (χ0v) is 15.0. The molecule has 0 unspecified atom stereocenters. The van der Waals surface area contributed by atoms with Gasteiger partial charge in [-0.1, -0.05) is 18.2 Å². The quantitative estimate of drug-likeness (QED) is 0.467. The average Bonchev–Trinajstić information content (AvgIpc) is 2.51. The molecule has 0 fully saturated rings. The van der Waals surface area contributed by atoms with Crippen molar-refractivity contribution in [3.05, 3.63) is 47.6 Å². The van der Waals surface area contributed by atoms with Crippen molar-refractivity contribution in [2.24, 2.45) is 0 Å². The van der Waals surface area contributed by atoms with Gasteiger partial charge >= 0.3 is 12.1 Å². The van der Waals surface area contributed by atoms with E-state index >= 15 is 0 Å². The van der Waals surface area contributed by atoms with Gasteiger partial charge in [0.05, 0.1) is 18.8 Å². The van der Waals surface area contributed by atoms with Crippen LogP contribution in [0.1, 0.15) is 33.3 Å². The van der Waals surface area contributed by atoms with Crippen LogP contribution in [0.3, 0.4) is 0 Å². The number of aliphatic hydroxyl groups is 1. The fraction of sp³-hybridized carbons (Fsp3) is 0.368. The number of amides is 1. The van der Waals surface area contributed by atoms with Crippen LogP contribution in [-0.4, -0.2) is 36.0 Å². The highest BCUT2D eigenvalue weighted by atomic mass is 16.6. The standard InChI is InChI=1S/C19H25NO5/c1-5-24-17(22)15(12-13-21)9-6-14-7-10-16(11-8-14)20-18(23)25-19(2,3)4/h6-12,21H,5,13H2,1-4H3,(H,20,23)/b9-6+,15-12+. The molecule has 0 aromatic heterocycles. The molecule has 0 radical (unpaired) electrons. The monoisotopic (exact) mass is 347 g/mol. The number of hydrogen-bond donors (Lipinski definition) is 2. The minimum Gasteiger partial charge on any atom is -0.462 e. The van der Waals surface area contributed by atoms with Crippen molar-refractivity contribution >= 4 is 23.8 Å². The molecule has 2 N–H and O–H groups in total. The van der Waals surface area contributed by atoms with Gasteiger partial charge in [0, 0.05) is 5.69 Å². The second kappa shape index (κ2) is 9.64. The number of carbonyl (C=O) groups is 2. The van der Waals surface area contributed by atoms with Crippen molar-refractivity contribution in [1.29, 1.82) is 0 Å². The highest BCUT2D eigenvalue weighted by molar-refractivity contribution is 5.93. The Kier molecular flexibility index (Phi) is 7.88. The smallest absolute Gasteiger partial charge is 0.412 e. The molecule has 1 aromatic carbocycles. The summed E-state index contributed by atoms with van der Waals surface area (Å²) in [6, 6.07) is 7.02. The number of aliphatic hydroxyl groups excluding tert-OH is 1. The van der Waals surface area contributed by atoms with Crippen LogP contribution in [0.5, 0.6) is 0 Å². The van der Waals surface area contributed by atoms with E-state index in [1.807, 2.05) is 0 Å². The van der Waals surface area contributed by atoms with E-state index < -0.39 is 17.7 Å². The maximum atomic E-state index is 11.7. The Morgan fingerprint density at radius 2 is 1.84 bits per heavy atom. The molecule has 1 aromatic rings. The van der Waals surface area contributed by atoms with Crippen LogP contribution in [0.4, 0.5) is 10.5 Å². The molecular weight excluding hydrogens is 322 g/mol. The molecule has 6 nitrogen and oxygen atoms in total. The van der Waals surface area contributed by atoms with Gasteiger partial charge in [0.2, 0.25) is 0 Å². The van der Waals surface area contributed by atoms with E-state index in [2.05, 4.69) is 5.32 Å². The van der Waals surface area contributed by atoms with E-state index in [0.29, 0.717) is 5.69 Å². The summed E-state index contributed by atoms with van der Waals surface area (Å²) in [7, 11) is 0. The number of benzene rings is 1. The third-order valence-corrected chi connectivity index (χ3v) is 2.83. The summed E-state index contributed by atoms with van der Waals surface area (Å²) in [5.74, 6) is -0.490. The Morgan fingerprint density at radius 3 is 2.36 bits per heavy atom. The van der Waals surface area contributed by atoms with E-state index in [0.717, 1.165) is 5.56 Å². The van der Waals surface area contributed by atoms with Crippen LogP contribution in [-0.2, 0) is 14.3 Å². The van der Waals surface area contributed by atoms with Crippen molar-refractivity contribution in [1.82, 2.24) is 0 Å². The molecule has 0 heterocycles. The zero-order chi connectivity index (χ0) is 18.9. The van der Waals surface area contributed by atoms with Crippen LogP contribution < -0.4 is 5.32 Å². The van der Waals surface area contributed by atoms with Crippen molar-refractivity contribution in [2.75, 3.05) is 18.5 Å². The van der Waals surface area contributed by atoms with E-state index in [9.17, 15) is 9.59 Å². The van der Waals surface area contributed by atoms with E-state index in [4.69, 9.17) is 14.6 Å². The van der Waals surface area contributed by atoms with Gasteiger partial charge in [0.1, 0.15) is 5.60 Å². The third kappa shape index (κ3) is 8.17. The Labute approximate surface area is 148 Å². The largest absolute Gasteiger partial charge is 0.462 e. The minimum atomic E-state index is -0.560. The molecule has 0 aliphatic heterocycles. The zero-order valence-electron chi connectivity index (χ0n) is 15.0. The number of carbonyl (C=O) groups excluding carboxylic acids is 2. The highest BCUT2D eigenvalue weighted by Crippen LogP contribution is 2.14. The van der Waals surface area contributed by atoms with Crippen LogP contribution in [0, 0.1) is 0 Å². The van der Waals surface area contributed by atoms with Gasteiger partial charge in [-0.2, -0.15) is 0 Å². The summed E-state index contributed by atoms with van der Waals surface area (Å²) in [6.45, 7) is 7.11. The lowest BCUT2D eigenvalue weighted by molar-refractivity contribution is -0.138. The van der Waals surface area contributed by atoms with Gasteiger partial charge < -0.3 is 14.6 Å². The molecule has 25 heavy (non-hydrogen) atoms. The highest BCUT2D eigenvalue weighted by Gasteiger charge is 2.16. The fourth-order valence-electron chi connectivity index (χ4n) is 1.82. The van der Waals surface area contributed by atoms with Crippen LogP contribution in [0.25, 0.3) is 6.08 Å². The molecule has 1 amide bonds. The number of ether oxygens (including phenoxy) is 2. The average molecular weight is 347 g/mol. The van der Waals surface area contributed by atoms with Gasteiger partial charge in [0.25, 0.3) is 0 Å². The first-order valence-corrected chi connectivity index (χ1v) is 8.01. The molecule has 136 valence electrons. The van der Waals surface area contributed by atoms with Gasteiger partial charge in [-0.15, -0.1) is 0 Å². The molecule has 0 spiro atoms. The predicted molar refractivity (Wildman–Crippen MR) is 97.1 cm³/mol. The van der Waals surface area contributed by atoms with Crippen molar-refractivity contribution in [3.8, 4) is 0 Å². The van der Waals surface area contributed by atoms with Gasteiger partial charge in [-0.25, -0.2) is 9.59 Å². The topological polar surface area (TPSA) is 84.9 Å². The maximum absolute atomic E-state index is 11.7. The normalized spacial score (nSPS) is 12.1. The predicted octanol–water partition coefficient (Wildman–Crippen LogP) is 3.53. The number of rotatable bonds is 6. The maximum Gasteiger partial charge on any atom is 0.412 e. The Balaban J connectivity index is 2.74. The first-order chi connectivity index (χ1) is 11.7. The Bertz CT molecular complexity index is 639. The molecule has 0 bridgehead atoms. The number of hydrogen-bond acceptors (Lipinski definition) is 5. The summed E-state index contributed by atoms with van der Waals surface area (Å²) in [5, 5.41) is 11.6. The first-order valence-electron chi connectivity index (χ1n) is 8.01. The lowest BCUT2D eigenvalue weighted by atomic mass is 10.1. The summed E-state index contributed by atoms with van der Waals surface area (Å²) in [4.78, 5) is 23.4. The van der Waals surface area contributed by atoms with Crippen LogP contribution in [0.15, 0.2) is 42.0 Å².